The van der Waals surface area contributed by atoms with E-state index in [0.29, 0.717) is 16.7 Å². The summed E-state index contributed by atoms with van der Waals surface area (Å²) in [7, 11) is -9.18. The van der Waals surface area contributed by atoms with Crippen LogP contribution >= 0.6 is 15.2 Å². The van der Waals surface area contributed by atoms with Crippen molar-refractivity contribution in [2.75, 3.05) is 24.9 Å². The summed E-state index contributed by atoms with van der Waals surface area (Å²) in [5.74, 6) is -1.98. The number of ether oxygens (including phenoxy) is 3. The van der Waals surface area contributed by atoms with Crippen LogP contribution in [0.4, 0.5) is 11.5 Å². The number of non-ortho nitro benzene ring substituents is 1. The SMILES string of the molecule is CC1(C)O[C@@H]2[C@H](O1)[C@@H](COP(=O)(O)CP(=O)(O)OCCc1ccc([N+](=O)[O-])cc1)O[C@H]2n1cnc2c(N)ncnc21. The van der Waals surface area contributed by atoms with Crippen LogP contribution in [0, 0.1) is 10.1 Å². The predicted octanol–water partition coefficient (Wildman–Crippen LogP) is 2.34. The molecule has 2 unspecified atom stereocenters. The molecule has 222 valence electrons. The quantitative estimate of drug-likeness (QED) is 0.160. The van der Waals surface area contributed by atoms with Gasteiger partial charge < -0.3 is 38.8 Å². The van der Waals surface area contributed by atoms with Crippen molar-refractivity contribution in [1.29, 1.82) is 0 Å². The number of hydrogen-bond donors (Lipinski definition) is 3. The normalized spacial score (nSPS) is 26.4. The third-order valence-electron chi connectivity index (χ3n) is 6.42. The van der Waals surface area contributed by atoms with E-state index in [1.54, 1.807) is 18.4 Å². The van der Waals surface area contributed by atoms with Crippen molar-refractivity contribution in [2.45, 2.75) is 50.6 Å². The number of nitro benzene ring substituents is 1. The summed E-state index contributed by atoms with van der Waals surface area (Å²) in [6.07, 6.45) is -0.205. The summed E-state index contributed by atoms with van der Waals surface area (Å²) in [5.41, 5.74) is 7.15. The number of hydrogen-bond acceptors (Lipinski definition) is 13. The topological polar surface area (TPSA) is 234 Å². The zero-order valence-corrected chi connectivity index (χ0v) is 23.7. The van der Waals surface area contributed by atoms with Crippen LogP contribution < -0.4 is 5.73 Å². The summed E-state index contributed by atoms with van der Waals surface area (Å²) in [6.45, 7) is 2.69. The molecule has 0 radical (unpaired) electrons. The third-order valence-corrected chi connectivity index (χ3v) is 10.4. The maximum atomic E-state index is 12.7. The molecule has 2 aliphatic rings. The Labute approximate surface area is 232 Å². The lowest BCUT2D eigenvalue weighted by Gasteiger charge is -2.25. The molecule has 2 aromatic heterocycles. The summed E-state index contributed by atoms with van der Waals surface area (Å²) < 4.78 is 55.1. The van der Waals surface area contributed by atoms with Gasteiger partial charge in [0.1, 0.15) is 30.2 Å². The number of rotatable bonds is 11. The van der Waals surface area contributed by atoms with E-state index in [1.165, 1.54) is 36.9 Å². The second-order valence-electron chi connectivity index (χ2n) is 9.93. The Kier molecular flexibility index (Phi) is 8.02. The fourth-order valence-electron chi connectivity index (χ4n) is 4.66. The summed E-state index contributed by atoms with van der Waals surface area (Å²) >= 11 is 0. The zero-order valence-electron chi connectivity index (χ0n) is 21.9. The van der Waals surface area contributed by atoms with E-state index in [2.05, 4.69) is 15.0 Å². The molecule has 2 saturated heterocycles. The number of aromatic nitrogens is 4. The molecule has 41 heavy (non-hydrogen) atoms. The van der Waals surface area contributed by atoms with Crippen molar-refractivity contribution >= 4 is 37.9 Å². The van der Waals surface area contributed by atoms with Crippen molar-refractivity contribution in [3.8, 4) is 0 Å². The summed E-state index contributed by atoms with van der Waals surface area (Å²) in [5, 5.41) is 10.8. The lowest BCUT2D eigenvalue weighted by atomic mass is 10.1. The van der Waals surface area contributed by atoms with Gasteiger partial charge in [-0.1, -0.05) is 12.1 Å². The Morgan fingerprint density at radius 1 is 1.10 bits per heavy atom. The molecular weight excluding hydrogens is 586 g/mol. The van der Waals surface area contributed by atoms with Crippen LogP contribution in [-0.4, -0.2) is 77.4 Å². The van der Waals surface area contributed by atoms with Gasteiger partial charge >= 0.3 is 15.2 Å². The van der Waals surface area contributed by atoms with Gasteiger partial charge in [-0.05, 0) is 25.8 Å². The lowest BCUT2D eigenvalue weighted by molar-refractivity contribution is -0.384. The van der Waals surface area contributed by atoms with Crippen LogP contribution in [0.15, 0.2) is 36.9 Å². The van der Waals surface area contributed by atoms with Gasteiger partial charge in [0.2, 0.25) is 0 Å². The molecule has 0 bridgehead atoms. The molecule has 2 fully saturated rings. The van der Waals surface area contributed by atoms with Gasteiger partial charge in [-0.2, -0.15) is 0 Å². The number of anilines is 1. The number of nitrogen functional groups attached to an aromatic ring is 1. The van der Waals surface area contributed by atoms with Crippen molar-refractivity contribution in [3.05, 3.63) is 52.6 Å². The molecule has 6 atom stereocenters. The van der Waals surface area contributed by atoms with E-state index in [1.807, 2.05) is 0 Å². The minimum Gasteiger partial charge on any atom is -0.382 e. The molecule has 0 spiro atoms. The van der Waals surface area contributed by atoms with Crippen LogP contribution in [0.3, 0.4) is 0 Å². The van der Waals surface area contributed by atoms with Gasteiger partial charge in [0.25, 0.3) is 5.69 Å². The standard InChI is InChI=1S/C22H28N6O11P2/c1-22(2)38-17-15(37-21(18(17)39-22)27-11-26-16-19(23)24-10-25-20(16)27)9-36-41(33,34)12-40(31,32)35-8-7-13-3-5-14(6-4-13)28(29)30/h3-6,10-11,15,17-18,21H,7-9,12H2,1-2H3,(H,31,32)(H,33,34)(H2,23,24,25)/t15-,17-,18-,21-/m1/s1. The van der Waals surface area contributed by atoms with Gasteiger partial charge in [-0.15, -0.1) is 0 Å². The molecule has 19 heteroatoms. The largest absolute Gasteiger partial charge is 0.382 e. The van der Waals surface area contributed by atoms with Gasteiger partial charge in [0.15, 0.2) is 29.4 Å². The maximum Gasteiger partial charge on any atom is 0.340 e. The molecule has 5 rings (SSSR count). The van der Waals surface area contributed by atoms with Crippen LogP contribution in [0.1, 0.15) is 25.6 Å². The average molecular weight is 614 g/mol. The molecule has 2 aliphatic heterocycles. The first-order valence-corrected chi connectivity index (χ1v) is 15.9. The first kappa shape index (κ1) is 29.6. The first-order valence-electron chi connectivity index (χ1n) is 12.3. The molecule has 0 aliphatic carbocycles. The van der Waals surface area contributed by atoms with Crippen LogP contribution in [-0.2, 0) is 38.8 Å². The minimum absolute atomic E-state index is 0.0973. The molecule has 1 aromatic carbocycles. The number of nitrogens with zero attached hydrogens (tertiary/aromatic N) is 5. The van der Waals surface area contributed by atoms with Crippen molar-refractivity contribution in [2.24, 2.45) is 0 Å². The number of nitrogens with two attached hydrogens (primary N) is 1. The Bertz CT molecular complexity index is 1530. The van der Waals surface area contributed by atoms with E-state index < -0.39 is 63.0 Å². The fraction of sp³-hybridized carbons (Fsp3) is 0.500. The molecule has 3 aromatic rings. The second kappa shape index (κ2) is 11.1. The van der Waals surface area contributed by atoms with Gasteiger partial charge in [0, 0.05) is 12.1 Å². The zero-order chi connectivity index (χ0) is 29.6. The number of nitro groups is 1. The molecular formula is C22H28N6O11P2. The highest BCUT2D eigenvalue weighted by Crippen LogP contribution is 2.58. The number of imidazole rings is 1. The van der Waals surface area contributed by atoms with E-state index in [9.17, 15) is 29.0 Å². The predicted molar refractivity (Wildman–Crippen MR) is 141 cm³/mol. The maximum absolute atomic E-state index is 12.7. The van der Waals surface area contributed by atoms with Crippen molar-refractivity contribution in [1.82, 2.24) is 19.5 Å². The average Bonchev–Trinajstić information content (AvgIpc) is 3.54. The highest BCUT2D eigenvalue weighted by atomic mass is 31.2. The second-order valence-corrected chi connectivity index (χ2v) is 14.1. The van der Waals surface area contributed by atoms with Crippen molar-refractivity contribution < 1.29 is 47.1 Å². The third kappa shape index (κ3) is 6.64. The van der Waals surface area contributed by atoms with Crippen LogP contribution in [0.25, 0.3) is 11.2 Å². The van der Waals surface area contributed by atoms with E-state index in [4.69, 9.17) is 29.0 Å². The molecule has 17 nitrogen and oxygen atoms in total. The summed E-state index contributed by atoms with van der Waals surface area (Å²) in [4.78, 5) is 43.1. The first-order chi connectivity index (χ1) is 19.2. The fourth-order valence-corrected chi connectivity index (χ4v) is 7.88. The van der Waals surface area contributed by atoms with Gasteiger partial charge in [-0.3, -0.25) is 23.8 Å². The van der Waals surface area contributed by atoms with Crippen molar-refractivity contribution in [3.63, 3.8) is 0 Å². The van der Waals surface area contributed by atoms with E-state index >= 15 is 0 Å². The molecule has 0 saturated carbocycles. The van der Waals surface area contributed by atoms with Crippen LogP contribution in [0.5, 0.6) is 0 Å². The van der Waals surface area contributed by atoms with Gasteiger partial charge in [-0.25, -0.2) is 15.0 Å². The molecule has 4 N–H and O–H groups in total. The smallest absolute Gasteiger partial charge is 0.340 e. The lowest BCUT2D eigenvalue weighted by Crippen LogP contribution is -2.32. The van der Waals surface area contributed by atoms with Gasteiger partial charge in [0.05, 0.1) is 24.5 Å². The summed E-state index contributed by atoms with van der Waals surface area (Å²) in [6, 6.07) is 5.55. The Morgan fingerprint density at radius 2 is 1.78 bits per heavy atom. The highest BCUT2D eigenvalue weighted by Gasteiger charge is 2.56. The van der Waals surface area contributed by atoms with Crippen LogP contribution in [0.2, 0.25) is 0 Å². The number of fused-ring (bicyclic) bond motifs is 2. The molecule has 0 amide bonds. The Hall–Kier alpha value is -2.85. The Balaban J connectivity index is 1.20. The minimum atomic E-state index is -4.64. The Morgan fingerprint density at radius 3 is 2.49 bits per heavy atom. The highest BCUT2D eigenvalue weighted by molar-refractivity contribution is 7.70. The monoisotopic (exact) mass is 614 g/mol. The number of benzene rings is 1. The molecule has 4 heterocycles. The van der Waals surface area contributed by atoms with E-state index in [-0.39, 0.29) is 24.5 Å². The van der Waals surface area contributed by atoms with E-state index in [0.717, 1.165) is 0 Å².